The van der Waals surface area contributed by atoms with E-state index in [9.17, 15) is 0 Å². The number of thiocarbonyl (C=S) groups is 1. The monoisotopic (exact) mass is 221 g/mol. The average molecular weight is 221 g/mol. The first-order valence-electron chi connectivity index (χ1n) is 5.01. The summed E-state index contributed by atoms with van der Waals surface area (Å²) in [4.78, 5) is 3.95. The lowest BCUT2D eigenvalue weighted by Crippen LogP contribution is -2.04. The molecule has 1 rings (SSSR count). The smallest absolute Gasteiger partial charge is 0.0716 e. The Bertz CT molecular complexity index is 320. The molecule has 0 radical (unpaired) electrons. The van der Waals surface area contributed by atoms with Gasteiger partial charge in [0.05, 0.1) is 17.8 Å². The van der Waals surface area contributed by atoms with E-state index in [0.717, 1.165) is 6.42 Å². The van der Waals surface area contributed by atoms with Crippen LogP contribution in [0.4, 0.5) is 0 Å². The number of aliphatic imine (C=N–C) groups is 1. The molecule has 0 aromatic heterocycles. The third kappa shape index (κ3) is 5.43. The van der Waals surface area contributed by atoms with Crippen LogP contribution in [0.3, 0.4) is 0 Å². The predicted octanol–water partition coefficient (Wildman–Crippen LogP) is 3.08. The summed E-state index contributed by atoms with van der Waals surface area (Å²) in [5.41, 5.74) is 1.20. The molecule has 0 aliphatic carbocycles. The summed E-state index contributed by atoms with van der Waals surface area (Å²) in [6.07, 6.45) is 0.885. The van der Waals surface area contributed by atoms with Gasteiger partial charge in [0.15, 0.2) is 0 Å². The van der Waals surface area contributed by atoms with Crippen LogP contribution in [0.15, 0.2) is 35.3 Å². The van der Waals surface area contributed by atoms with Gasteiger partial charge in [-0.05, 0) is 31.1 Å². The van der Waals surface area contributed by atoms with Crippen LogP contribution in [0.5, 0.6) is 0 Å². The van der Waals surface area contributed by atoms with Gasteiger partial charge in [-0.1, -0.05) is 30.3 Å². The molecule has 3 heteroatoms. The Kier molecular flexibility index (Phi) is 5.86. The summed E-state index contributed by atoms with van der Waals surface area (Å²) in [6.45, 7) is 3.37. The fourth-order valence-electron chi connectivity index (χ4n) is 1.17. The molecule has 1 aromatic rings. The van der Waals surface area contributed by atoms with E-state index < -0.39 is 0 Å². The zero-order chi connectivity index (χ0) is 10.9. The van der Waals surface area contributed by atoms with Gasteiger partial charge in [-0.3, -0.25) is 0 Å². The zero-order valence-electron chi connectivity index (χ0n) is 8.85. The molecule has 1 aromatic carbocycles. The maximum atomic E-state index is 5.51. The van der Waals surface area contributed by atoms with Gasteiger partial charge in [-0.15, -0.1) is 0 Å². The van der Waals surface area contributed by atoms with E-state index in [1.165, 1.54) is 5.56 Å². The summed E-state index contributed by atoms with van der Waals surface area (Å²) in [5.74, 6) is 0. The third-order valence-corrected chi connectivity index (χ3v) is 2.17. The molecule has 0 aliphatic heterocycles. The summed E-state index contributed by atoms with van der Waals surface area (Å²) in [6, 6.07) is 10.3. The molecule has 0 bridgehead atoms. The van der Waals surface area contributed by atoms with Crippen molar-refractivity contribution in [1.82, 2.24) is 0 Å². The molecule has 80 valence electrons. The minimum absolute atomic E-state index is 0.207. The fourth-order valence-corrected chi connectivity index (χ4v) is 1.35. The van der Waals surface area contributed by atoms with Crippen LogP contribution in [0.1, 0.15) is 18.9 Å². The topological polar surface area (TPSA) is 21.6 Å². The number of nitrogens with zero attached hydrogens (tertiary/aromatic N) is 1. The summed E-state index contributed by atoms with van der Waals surface area (Å²) in [7, 11) is 0. The molecule has 0 saturated heterocycles. The van der Waals surface area contributed by atoms with E-state index >= 15 is 0 Å². The zero-order valence-corrected chi connectivity index (χ0v) is 9.67. The van der Waals surface area contributed by atoms with Crippen LogP contribution >= 0.6 is 12.2 Å². The Morgan fingerprint density at radius 1 is 1.40 bits per heavy atom. The predicted molar refractivity (Wildman–Crippen MR) is 65.2 cm³/mol. The molecular weight excluding hydrogens is 206 g/mol. The highest BCUT2D eigenvalue weighted by molar-refractivity contribution is 7.78. The average Bonchev–Trinajstić information content (AvgIpc) is 2.26. The van der Waals surface area contributed by atoms with Gasteiger partial charge in [-0.25, -0.2) is 4.99 Å². The maximum absolute atomic E-state index is 5.51. The largest absolute Gasteiger partial charge is 0.377 e. The van der Waals surface area contributed by atoms with Crippen molar-refractivity contribution in [2.45, 2.75) is 26.0 Å². The summed E-state index contributed by atoms with van der Waals surface area (Å²) >= 11 is 4.53. The number of benzene rings is 1. The SMILES string of the molecule is CC(CCOCc1ccccc1)N=C=S. The van der Waals surface area contributed by atoms with Crippen LogP contribution in [0, 0.1) is 0 Å². The normalized spacial score (nSPS) is 11.8. The molecule has 15 heavy (non-hydrogen) atoms. The van der Waals surface area contributed by atoms with Gasteiger partial charge >= 0.3 is 0 Å². The van der Waals surface area contributed by atoms with E-state index in [4.69, 9.17) is 4.74 Å². The number of rotatable bonds is 6. The van der Waals surface area contributed by atoms with Crippen molar-refractivity contribution in [3.8, 4) is 0 Å². The van der Waals surface area contributed by atoms with E-state index in [1.54, 1.807) is 0 Å². The highest BCUT2D eigenvalue weighted by Crippen LogP contribution is 2.02. The van der Waals surface area contributed by atoms with Gasteiger partial charge in [0.1, 0.15) is 0 Å². The number of hydrogen-bond acceptors (Lipinski definition) is 3. The summed E-state index contributed by atoms with van der Waals surface area (Å²) < 4.78 is 5.51. The minimum Gasteiger partial charge on any atom is -0.377 e. The second kappa shape index (κ2) is 7.30. The Morgan fingerprint density at radius 3 is 2.80 bits per heavy atom. The van der Waals surface area contributed by atoms with Crippen LogP contribution in [0.2, 0.25) is 0 Å². The minimum atomic E-state index is 0.207. The maximum Gasteiger partial charge on any atom is 0.0716 e. The molecule has 0 fully saturated rings. The molecule has 0 amide bonds. The quantitative estimate of drug-likeness (QED) is 0.418. The Hall–Kier alpha value is -1.02. The molecule has 0 aliphatic rings. The second-order valence-corrected chi connectivity index (χ2v) is 3.58. The Labute approximate surface area is 96.0 Å². The standard InChI is InChI=1S/C12H15NOS/c1-11(13-10-15)7-8-14-9-12-5-3-2-4-6-12/h2-6,11H,7-9H2,1H3. The van der Waals surface area contributed by atoms with Crippen molar-refractivity contribution in [3.05, 3.63) is 35.9 Å². The van der Waals surface area contributed by atoms with Gasteiger partial charge in [0, 0.05) is 6.61 Å². The summed E-state index contributed by atoms with van der Waals surface area (Å²) in [5, 5.41) is 2.38. The van der Waals surface area contributed by atoms with E-state index in [2.05, 4.69) is 34.5 Å². The Balaban J connectivity index is 2.15. The lowest BCUT2D eigenvalue weighted by molar-refractivity contribution is 0.115. The van der Waals surface area contributed by atoms with Crippen molar-refractivity contribution in [3.63, 3.8) is 0 Å². The second-order valence-electron chi connectivity index (χ2n) is 3.40. The van der Waals surface area contributed by atoms with Gasteiger partial charge in [0.2, 0.25) is 0 Å². The molecule has 1 atom stereocenters. The van der Waals surface area contributed by atoms with Gasteiger partial charge in [-0.2, -0.15) is 0 Å². The fraction of sp³-hybridized carbons (Fsp3) is 0.417. The van der Waals surface area contributed by atoms with Gasteiger partial charge in [0.25, 0.3) is 0 Å². The molecule has 0 N–H and O–H groups in total. The van der Waals surface area contributed by atoms with Crippen LogP contribution in [-0.2, 0) is 11.3 Å². The first-order valence-corrected chi connectivity index (χ1v) is 5.42. The lowest BCUT2D eigenvalue weighted by Gasteiger charge is -2.06. The molecule has 0 heterocycles. The number of hydrogen-bond donors (Lipinski definition) is 0. The van der Waals surface area contributed by atoms with Crippen molar-refractivity contribution < 1.29 is 4.74 Å². The lowest BCUT2D eigenvalue weighted by atomic mass is 10.2. The van der Waals surface area contributed by atoms with Crippen LogP contribution in [-0.4, -0.2) is 17.8 Å². The van der Waals surface area contributed by atoms with Crippen LogP contribution < -0.4 is 0 Å². The number of ether oxygens (including phenoxy) is 1. The van der Waals surface area contributed by atoms with Crippen molar-refractivity contribution in [1.29, 1.82) is 0 Å². The van der Waals surface area contributed by atoms with Crippen molar-refractivity contribution >= 4 is 17.4 Å². The third-order valence-electron chi connectivity index (χ3n) is 2.06. The molecule has 0 spiro atoms. The molecular formula is C12H15NOS. The Morgan fingerprint density at radius 2 is 2.13 bits per heavy atom. The van der Waals surface area contributed by atoms with E-state index in [1.807, 2.05) is 25.1 Å². The van der Waals surface area contributed by atoms with Gasteiger partial charge < -0.3 is 4.74 Å². The molecule has 2 nitrogen and oxygen atoms in total. The van der Waals surface area contributed by atoms with E-state index in [-0.39, 0.29) is 6.04 Å². The van der Waals surface area contributed by atoms with Crippen molar-refractivity contribution in [2.24, 2.45) is 4.99 Å². The highest BCUT2D eigenvalue weighted by Gasteiger charge is 1.98. The first-order chi connectivity index (χ1) is 7.33. The molecule has 0 saturated carbocycles. The molecule has 1 unspecified atom stereocenters. The highest BCUT2D eigenvalue weighted by atomic mass is 32.1. The van der Waals surface area contributed by atoms with Crippen molar-refractivity contribution in [2.75, 3.05) is 6.61 Å². The van der Waals surface area contributed by atoms with E-state index in [0.29, 0.717) is 13.2 Å². The first kappa shape index (κ1) is 12.1. The van der Waals surface area contributed by atoms with Crippen LogP contribution in [0.25, 0.3) is 0 Å². The number of isothiocyanates is 1.